The van der Waals surface area contributed by atoms with Gasteiger partial charge in [0.1, 0.15) is 11.0 Å². The second kappa shape index (κ2) is 5.58. The molecule has 1 aliphatic rings. The Labute approximate surface area is 125 Å². The molecule has 1 saturated carbocycles. The van der Waals surface area contributed by atoms with E-state index in [-0.39, 0.29) is 11.7 Å². The fourth-order valence-corrected chi connectivity index (χ4v) is 2.90. The normalized spacial score (nSPS) is 15.3. The molecule has 0 amide bonds. The van der Waals surface area contributed by atoms with Gasteiger partial charge >= 0.3 is 5.97 Å². The maximum absolute atomic E-state index is 12.0. The third-order valence-electron chi connectivity index (χ3n) is 3.09. The van der Waals surface area contributed by atoms with Crippen LogP contribution >= 0.6 is 11.6 Å². The second-order valence-corrected chi connectivity index (χ2v) is 6.47. The lowest BCUT2D eigenvalue weighted by molar-refractivity contribution is -0.385. The fourth-order valence-electron chi connectivity index (χ4n) is 1.75. The highest BCUT2D eigenvalue weighted by Gasteiger charge is 2.29. The number of halogens is 1. The highest BCUT2D eigenvalue weighted by Crippen LogP contribution is 2.32. The highest BCUT2D eigenvalue weighted by molar-refractivity contribution is 7.89. The van der Waals surface area contributed by atoms with Gasteiger partial charge in [-0.2, -0.15) is 0 Å². The first-order valence-electron chi connectivity index (χ1n) is 5.92. The smallest absolute Gasteiger partial charge is 0.340 e. The van der Waals surface area contributed by atoms with Crippen LogP contribution in [0.4, 0.5) is 5.69 Å². The Morgan fingerprint density at radius 3 is 2.48 bits per heavy atom. The van der Waals surface area contributed by atoms with E-state index in [2.05, 4.69) is 0 Å². The van der Waals surface area contributed by atoms with Crippen molar-refractivity contribution >= 4 is 33.3 Å². The monoisotopic (exact) mass is 334 g/mol. The number of rotatable bonds is 4. The van der Waals surface area contributed by atoms with Crippen LogP contribution < -0.4 is 5.14 Å². The van der Waals surface area contributed by atoms with Crippen LogP contribution in [0.1, 0.15) is 29.6 Å². The van der Waals surface area contributed by atoms with Gasteiger partial charge in [-0.25, -0.2) is 18.4 Å². The molecule has 0 aliphatic heterocycles. The van der Waals surface area contributed by atoms with Gasteiger partial charge in [0.15, 0.2) is 0 Å². The first kappa shape index (κ1) is 15.7. The van der Waals surface area contributed by atoms with Gasteiger partial charge in [0.2, 0.25) is 10.0 Å². The van der Waals surface area contributed by atoms with Gasteiger partial charge in [-0.15, -0.1) is 0 Å². The summed E-state index contributed by atoms with van der Waals surface area (Å²) in [5.74, 6) is -0.904. The summed E-state index contributed by atoms with van der Waals surface area (Å²) in [6, 6.07) is 1.58. The Balaban J connectivity index is 2.50. The third kappa shape index (κ3) is 3.31. The van der Waals surface area contributed by atoms with E-state index >= 15 is 0 Å². The molecule has 2 rings (SSSR count). The molecule has 1 aromatic carbocycles. The number of ether oxygens (including phenoxy) is 1. The maximum atomic E-state index is 12.0. The number of nitro groups is 1. The largest absolute Gasteiger partial charge is 0.459 e. The molecule has 1 aromatic rings. The molecule has 0 unspecified atom stereocenters. The summed E-state index contributed by atoms with van der Waals surface area (Å²) in [4.78, 5) is 21.3. The third-order valence-corrected chi connectivity index (χ3v) is 4.54. The van der Waals surface area contributed by atoms with Crippen LogP contribution in [0.2, 0.25) is 5.02 Å². The first-order chi connectivity index (χ1) is 9.70. The zero-order valence-corrected chi connectivity index (χ0v) is 12.2. The van der Waals surface area contributed by atoms with Gasteiger partial charge in [0.05, 0.1) is 15.5 Å². The van der Waals surface area contributed by atoms with Gasteiger partial charge in [0.25, 0.3) is 5.69 Å². The Bertz CT molecular complexity index is 714. The molecule has 8 nitrogen and oxygen atoms in total. The molecule has 0 saturated heterocycles. The van der Waals surface area contributed by atoms with E-state index in [1.54, 1.807) is 0 Å². The van der Waals surface area contributed by atoms with Crippen molar-refractivity contribution in [3.8, 4) is 0 Å². The van der Waals surface area contributed by atoms with Crippen molar-refractivity contribution in [2.75, 3.05) is 0 Å². The van der Waals surface area contributed by atoms with Gasteiger partial charge in [-0.3, -0.25) is 10.1 Å². The summed E-state index contributed by atoms with van der Waals surface area (Å²) in [6.07, 6.45) is 2.04. The van der Waals surface area contributed by atoms with Crippen LogP contribution in [0.5, 0.6) is 0 Å². The minimum Gasteiger partial charge on any atom is -0.459 e. The lowest BCUT2D eigenvalue weighted by Crippen LogP contribution is -2.25. The predicted molar refractivity (Wildman–Crippen MR) is 72.5 cm³/mol. The minimum absolute atomic E-state index is 0.272. The van der Waals surface area contributed by atoms with E-state index in [1.165, 1.54) is 0 Å². The molecule has 10 heteroatoms. The summed E-state index contributed by atoms with van der Waals surface area (Å²) in [7, 11) is -4.31. The van der Waals surface area contributed by atoms with Crippen molar-refractivity contribution in [2.24, 2.45) is 5.14 Å². The number of non-ortho nitro benzene ring substituents is 1. The zero-order chi connectivity index (χ0) is 15.8. The summed E-state index contributed by atoms with van der Waals surface area (Å²) in [6.45, 7) is 0. The van der Waals surface area contributed by atoms with E-state index in [1.807, 2.05) is 0 Å². The van der Waals surface area contributed by atoms with Crippen molar-refractivity contribution in [2.45, 2.75) is 30.3 Å². The minimum atomic E-state index is -4.31. The average Bonchev–Trinajstić information content (AvgIpc) is 2.32. The Kier molecular flexibility index (Phi) is 4.17. The molecule has 0 atom stereocenters. The molecule has 21 heavy (non-hydrogen) atoms. The van der Waals surface area contributed by atoms with E-state index in [0.29, 0.717) is 18.9 Å². The Morgan fingerprint density at radius 2 is 2.05 bits per heavy atom. The number of primary sulfonamides is 1. The van der Waals surface area contributed by atoms with Crippen LogP contribution in [0, 0.1) is 10.1 Å². The maximum Gasteiger partial charge on any atom is 0.340 e. The van der Waals surface area contributed by atoms with Crippen LogP contribution in [-0.2, 0) is 14.8 Å². The molecular formula is C11H11ClN2O6S. The second-order valence-electron chi connectivity index (χ2n) is 4.57. The standard InChI is InChI=1S/C11H11ClN2O6S/c12-10-8(11(15)20-7-2-1-3-7)4-6(14(16)17)5-9(10)21(13,18)19/h4-5,7H,1-3H2,(H2,13,18,19). The number of hydrogen-bond acceptors (Lipinski definition) is 6. The van der Waals surface area contributed by atoms with Gasteiger partial charge in [-0.1, -0.05) is 11.6 Å². The van der Waals surface area contributed by atoms with E-state index in [0.717, 1.165) is 12.5 Å². The van der Waals surface area contributed by atoms with E-state index in [9.17, 15) is 23.3 Å². The number of esters is 1. The van der Waals surface area contributed by atoms with Crippen LogP contribution in [0.25, 0.3) is 0 Å². The molecule has 2 N–H and O–H groups in total. The summed E-state index contributed by atoms with van der Waals surface area (Å²) < 4.78 is 27.9. The topological polar surface area (TPSA) is 130 Å². The van der Waals surface area contributed by atoms with Crippen molar-refractivity contribution in [1.82, 2.24) is 0 Å². The van der Waals surface area contributed by atoms with Crippen LogP contribution in [0.3, 0.4) is 0 Å². The lowest BCUT2D eigenvalue weighted by atomic mass is 9.96. The fraction of sp³-hybridized carbons (Fsp3) is 0.364. The van der Waals surface area contributed by atoms with Crippen molar-refractivity contribution in [3.05, 3.63) is 32.8 Å². The zero-order valence-electron chi connectivity index (χ0n) is 10.6. The number of carbonyl (C=O) groups is 1. The highest BCUT2D eigenvalue weighted by atomic mass is 35.5. The molecule has 0 radical (unpaired) electrons. The summed E-state index contributed by atoms with van der Waals surface area (Å²) in [5, 5.41) is 15.3. The molecule has 1 aliphatic carbocycles. The van der Waals surface area contributed by atoms with Crippen molar-refractivity contribution in [3.63, 3.8) is 0 Å². The number of benzene rings is 1. The molecule has 1 fully saturated rings. The Hall–Kier alpha value is -1.71. The van der Waals surface area contributed by atoms with Crippen LogP contribution in [0.15, 0.2) is 17.0 Å². The molecule has 0 heterocycles. The van der Waals surface area contributed by atoms with E-state index < -0.39 is 36.5 Å². The number of hydrogen-bond donors (Lipinski definition) is 1. The molecule has 0 bridgehead atoms. The molecule has 0 spiro atoms. The quantitative estimate of drug-likeness (QED) is 0.505. The molecule has 0 aromatic heterocycles. The van der Waals surface area contributed by atoms with Crippen molar-refractivity contribution in [1.29, 1.82) is 0 Å². The summed E-state index contributed by atoms with van der Waals surface area (Å²) >= 11 is 5.83. The number of carbonyl (C=O) groups excluding carboxylic acids is 1. The van der Waals surface area contributed by atoms with Gasteiger partial charge < -0.3 is 4.74 Å². The SMILES string of the molecule is NS(=O)(=O)c1cc([N+](=O)[O-])cc(C(=O)OC2CCC2)c1Cl. The first-order valence-corrected chi connectivity index (χ1v) is 7.84. The van der Waals surface area contributed by atoms with E-state index in [4.69, 9.17) is 21.5 Å². The summed E-state index contributed by atoms with van der Waals surface area (Å²) in [5.41, 5.74) is -0.995. The number of nitro benzene ring substituents is 1. The van der Waals surface area contributed by atoms with Crippen molar-refractivity contribution < 1.29 is 22.9 Å². The molecule has 114 valence electrons. The van der Waals surface area contributed by atoms with Gasteiger partial charge in [-0.05, 0) is 19.3 Å². The lowest BCUT2D eigenvalue weighted by Gasteiger charge is -2.25. The molecular weight excluding hydrogens is 324 g/mol. The average molecular weight is 335 g/mol. The number of nitrogens with zero attached hydrogens (tertiary/aromatic N) is 1. The van der Waals surface area contributed by atoms with Crippen LogP contribution in [-0.4, -0.2) is 25.4 Å². The number of nitrogens with two attached hydrogens (primary N) is 1. The predicted octanol–water partition coefficient (Wildman–Crippen LogP) is 1.60. The van der Waals surface area contributed by atoms with Gasteiger partial charge in [0, 0.05) is 12.1 Å². The number of sulfonamides is 1. The Morgan fingerprint density at radius 1 is 1.43 bits per heavy atom.